The first-order valence-corrected chi connectivity index (χ1v) is 5.82. The van der Waals surface area contributed by atoms with Crippen LogP contribution >= 0.6 is 11.8 Å². The minimum atomic E-state index is 0.432. The van der Waals surface area contributed by atoms with Crippen LogP contribution in [0, 0.1) is 0 Å². The molecule has 0 bridgehead atoms. The summed E-state index contributed by atoms with van der Waals surface area (Å²) < 4.78 is 5.12. The van der Waals surface area contributed by atoms with Gasteiger partial charge >= 0.3 is 0 Å². The highest BCUT2D eigenvalue weighted by Gasteiger charge is 2.18. The Labute approximate surface area is 101 Å². The smallest absolute Gasteiger partial charge is 0.214 e. The lowest BCUT2D eigenvalue weighted by Crippen LogP contribution is -2.39. The fourth-order valence-electron chi connectivity index (χ4n) is 1.95. The van der Waals surface area contributed by atoms with E-state index in [0.717, 1.165) is 25.9 Å². The van der Waals surface area contributed by atoms with Crippen LogP contribution in [-0.4, -0.2) is 31.2 Å². The number of hydrogen-bond donors (Lipinski definition) is 1. The molecule has 0 aliphatic carbocycles. The van der Waals surface area contributed by atoms with Crippen molar-refractivity contribution < 1.29 is 4.74 Å². The maximum Gasteiger partial charge on any atom is 0.214 e. The highest BCUT2D eigenvalue weighted by molar-refractivity contribution is 6.13. The summed E-state index contributed by atoms with van der Waals surface area (Å²) in [5.74, 6) is 0.662. The summed E-state index contributed by atoms with van der Waals surface area (Å²) in [6, 6.07) is 4.41. The third-order valence-electron chi connectivity index (χ3n) is 2.94. The third-order valence-corrected chi connectivity index (χ3v) is 3.25. The predicted molar refractivity (Wildman–Crippen MR) is 65.0 cm³/mol. The summed E-state index contributed by atoms with van der Waals surface area (Å²) in [5, 5.41) is 0. The van der Waals surface area contributed by atoms with Crippen molar-refractivity contribution in [2.75, 3.05) is 25.1 Å². The number of anilines is 1. The summed E-state index contributed by atoms with van der Waals surface area (Å²) in [6.45, 7) is 2.02. The first kappa shape index (κ1) is 11.5. The van der Waals surface area contributed by atoms with Crippen LogP contribution in [0.5, 0.6) is 5.88 Å². The van der Waals surface area contributed by atoms with Gasteiger partial charge in [0, 0.05) is 37.1 Å². The molecule has 2 heterocycles. The van der Waals surface area contributed by atoms with Crippen molar-refractivity contribution in [1.82, 2.24) is 9.82 Å². The Morgan fingerprint density at radius 2 is 2.25 bits per heavy atom. The maximum atomic E-state index is 5.62. The van der Waals surface area contributed by atoms with Gasteiger partial charge in [0.25, 0.3) is 0 Å². The average molecular weight is 242 g/mol. The molecular weight excluding hydrogens is 226 g/mol. The van der Waals surface area contributed by atoms with Crippen LogP contribution in [0.25, 0.3) is 0 Å². The fraction of sp³-hybridized carbons (Fsp3) is 0.545. The van der Waals surface area contributed by atoms with Crippen LogP contribution in [-0.2, 0) is 0 Å². The van der Waals surface area contributed by atoms with Gasteiger partial charge in [-0.3, -0.25) is 0 Å². The van der Waals surface area contributed by atoms with E-state index in [2.05, 4.69) is 14.7 Å². The number of halogens is 1. The van der Waals surface area contributed by atoms with Crippen molar-refractivity contribution in [2.24, 2.45) is 0 Å². The molecule has 88 valence electrons. The summed E-state index contributed by atoms with van der Waals surface area (Å²) in [6.07, 6.45) is 3.91. The summed E-state index contributed by atoms with van der Waals surface area (Å²) in [5.41, 5.74) is 1.17. The molecular formula is C11H16ClN3O. The van der Waals surface area contributed by atoms with E-state index in [-0.39, 0.29) is 0 Å². The average Bonchev–Trinajstić information content (AvgIpc) is 2.39. The van der Waals surface area contributed by atoms with E-state index >= 15 is 0 Å². The highest BCUT2D eigenvalue weighted by Crippen LogP contribution is 2.22. The predicted octanol–water partition coefficient (Wildman–Crippen LogP) is 1.80. The number of hydrogen-bond acceptors (Lipinski definition) is 4. The number of rotatable bonds is 3. The van der Waals surface area contributed by atoms with Gasteiger partial charge in [-0.05, 0) is 30.7 Å². The van der Waals surface area contributed by atoms with Gasteiger partial charge in [-0.2, -0.15) is 0 Å². The Balaban J connectivity index is 2.02. The highest BCUT2D eigenvalue weighted by atomic mass is 35.5. The molecule has 0 saturated carbocycles. The Morgan fingerprint density at radius 3 is 2.88 bits per heavy atom. The number of nitrogens with zero attached hydrogens (tertiary/aromatic N) is 2. The van der Waals surface area contributed by atoms with Crippen LogP contribution in [0.15, 0.2) is 18.3 Å². The van der Waals surface area contributed by atoms with E-state index in [4.69, 9.17) is 16.5 Å². The Morgan fingerprint density at radius 1 is 1.50 bits per heavy atom. The number of piperidine rings is 1. The standard InChI is InChI=1S/C11H16ClN3O/c1-16-11-8-10(2-5-13-11)15-6-3-9(14-12)4-7-15/h2,5,8-9,14H,3-4,6-7H2,1H3. The number of aromatic nitrogens is 1. The largest absolute Gasteiger partial charge is 0.481 e. The van der Waals surface area contributed by atoms with Crippen molar-refractivity contribution in [3.8, 4) is 5.88 Å². The zero-order valence-corrected chi connectivity index (χ0v) is 10.1. The molecule has 0 aromatic carbocycles. The Bertz CT molecular complexity index is 340. The van der Waals surface area contributed by atoms with Gasteiger partial charge in [0.1, 0.15) is 0 Å². The van der Waals surface area contributed by atoms with Crippen LogP contribution in [0.3, 0.4) is 0 Å². The Hall–Kier alpha value is -1.00. The zero-order chi connectivity index (χ0) is 11.4. The summed E-state index contributed by atoms with van der Waals surface area (Å²) >= 11 is 5.62. The van der Waals surface area contributed by atoms with Crippen molar-refractivity contribution in [2.45, 2.75) is 18.9 Å². The molecule has 0 atom stereocenters. The molecule has 0 amide bonds. The maximum absolute atomic E-state index is 5.62. The molecule has 4 nitrogen and oxygen atoms in total. The molecule has 1 aromatic rings. The van der Waals surface area contributed by atoms with Crippen LogP contribution in [0.1, 0.15) is 12.8 Å². The molecule has 1 aliphatic heterocycles. The number of ether oxygens (including phenoxy) is 1. The second-order valence-corrected chi connectivity index (χ2v) is 4.15. The van der Waals surface area contributed by atoms with Crippen molar-refractivity contribution in [3.05, 3.63) is 18.3 Å². The molecule has 0 unspecified atom stereocenters. The van der Waals surface area contributed by atoms with Gasteiger partial charge in [0.2, 0.25) is 5.88 Å². The van der Waals surface area contributed by atoms with Crippen LogP contribution in [0.4, 0.5) is 5.69 Å². The Kier molecular flexibility index (Phi) is 3.85. The van der Waals surface area contributed by atoms with Gasteiger partial charge in [0.05, 0.1) is 7.11 Å². The van der Waals surface area contributed by atoms with Crippen molar-refractivity contribution in [3.63, 3.8) is 0 Å². The molecule has 16 heavy (non-hydrogen) atoms. The van der Waals surface area contributed by atoms with E-state index in [1.54, 1.807) is 13.3 Å². The minimum absolute atomic E-state index is 0.432. The molecule has 1 aromatic heterocycles. The lowest BCUT2D eigenvalue weighted by molar-refractivity contribution is 0.397. The molecule has 1 aliphatic rings. The van der Waals surface area contributed by atoms with E-state index in [1.165, 1.54) is 5.69 Å². The van der Waals surface area contributed by atoms with Crippen molar-refractivity contribution in [1.29, 1.82) is 0 Å². The van der Waals surface area contributed by atoms with Gasteiger partial charge in [-0.1, -0.05) is 0 Å². The van der Waals surface area contributed by atoms with E-state index in [9.17, 15) is 0 Å². The number of methoxy groups -OCH3 is 1. The number of pyridine rings is 1. The van der Waals surface area contributed by atoms with Crippen molar-refractivity contribution >= 4 is 17.5 Å². The van der Waals surface area contributed by atoms with Gasteiger partial charge < -0.3 is 9.64 Å². The molecule has 5 heteroatoms. The van der Waals surface area contributed by atoms with Gasteiger partial charge in [-0.25, -0.2) is 9.82 Å². The van der Waals surface area contributed by atoms with Gasteiger partial charge in [0.15, 0.2) is 0 Å². The normalized spacial score (nSPS) is 17.5. The van der Waals surface area contributed by atoms with E-state index in [0.29, 0.717) is 11.9 Å². The van der Waals surface area contributed by atoms with Crippen LogP contribution in [0.2, 0.25) is 0 Å². The van der Waals surface area contributed by atoms with E-state index in [1.807, 2.05) is 12.1 Å². The lowest BCUT2D eigenvalue weighted by atomic mass is 10.1. The zero-order valence-electron chi connectivity index (χ0n) is 9.32. The van der Waals surface area contributed by atoms with Gasteiger partial charge in [-0.15, -0.1) is 0 Å². The molecule has 1 fully saturated rings. The second kappa shape index (κ2) is 5.37. The quantitative estimate of drug-likeness (QED) is 0.819. The molecule has 0 radical (unpaired) electrons. The number of nitrogens with one attached hydrogen (secondary N) is 1. The topological polar surface area (TPSA) is 37.4 Å². The first-order valence-electron chi connectivity index (χ1n) is 5.44. The lowest BCUT2D eigenvalue weighted by Gasteiger charge is -2.32. The summed E-state index contributed by atoms with van der Waals surface area (Å²) in [7, 11) is 1.63. The second-order valence-electron chi connectivity index (χ2n) is 3.93. The van der Waals surface area contributed by atoms with Crippen LogP contribution < -0.4 is 14.5 Å². The monoisotopic (exact) mass is 241 g/mol. The fourth-order valence-corrected chi connectivity index (χ4v) is 2.17. The minimum Gasteiger partial charge on any atom is -0.481 e. The molecule has 1 saturated heterocycles. The molecule has 0 spiro atoms. The summed E-state index contributed by atoms with van der Waals surface area (Å²) in [4.78, 5) is 9.24. The first-order chi connectivity index (χ1) is 7.83. The SMILES string of the molecule is COc1cc(N2CCC(NCl)CC2)ccn1. The molecule has 1 N–H and O–H groups in total. The van der Waals surface area contributed by atoms with E-state index < -0.39 is 0 Å². The third kappa shape index (κ3) is 2.57. The molecule has 2 rings (SSSR count).